The zero-order valence-electron chi connectivity index (χ0n) is 15.8. The van der Waals surface area contributed by atoms with Gasteiger partial charge in [-0.25, -0.2) is 4.98 Å². The van der Waals surface area contributed by atoms with Crippen LogP contribution in [0.25, 0.3) is 0 Å². The number of ether oxygens (including phenoxy) is 1. The van der Waals surface area contributed by atoms with E-state index in [1.807, 2.05) is 22.2 Å². The van der Waals surface area contributed by atoms with Crippen molar-refractivity contribution in [2.45, 2.75) is 45.4 Å². The highest BCUT2D eigenvalue weighted by Crippen LogP contribution is 2.39. The Bertz CT molecular complexity index is 648. The highest BCUT2D eigenvalue weighted by Gasteiger charge is 2.42. The van der Waals surface area contributed by atoms with Crippen LogP contribution in [-0.4, -0.2) is 66.5 Å². The molecule has 1 unspecified atom stereocenters. The molecule has 0 saturated carbocycles. The summed E-state index contributed by atoms with van der Waals surface area (Å²) in [5, 5.41) is 0. The number of rotatable bonds is 6. The first kappa shape index (κ1) is 19.3. The van der Waals surface area contributed by atoms with Gasteiger partial charge in [-0.1, -0.05) is 0 Å². The molecule has 2 aliphatic heterocycles. The summed E-state index contributed by atoms with van der Waals surface area (Å²) in [6, 6.07) is 0. The Morgan fingerprint density at radius 2 is 2.23 bits per heavy atom. The van der Waals surface area contributed by atoms with E-state index < -0.39 is 0 Å². The number of nitrogens with zero attached hydrogens (tertiary/aromatic N) is 3. The van der Waals surface area contributed by atoms with Gasteiger partial charge in [0.25, 0.3) is 0 Å². The maximum absolute atomic E-state index is 12.8. The second-order valence-corrected chi connectivity index (χ2v) is 8.53. The number of hydrogen-bond donors (Lipinski definition) is 0. The van der Waals surface area contributed by atoms with Gasteiger partial charge in [-0.05, 0) is 32.6 Å². The van der Waals surface area contributed by atoms with Gasteiger partial charge in [0.15, 0.2) is 0 Å². The summed E-state index contributed by atoms with van der Waals surface area (Å²) in [5.74, 6) is 0.453. The molecule has 0 N–H and O–H groups in total. The van der Waals surface area contributed by atoms with Crippen molar-refractivity contribution in [1.82, 2.24) is 14.8 Å². The number of hydrogen-bond acceptors (Lipinski definition) is 5. The lowest BCUT2D eigenvalue weighted by Crippen LogP contribution is -2.55. The Kier molecular flexibility index (Phi) is 6.29. The van der Waals surface area contributed by atoms with Crippen LogP contribution in [0.4, 0.5) is 0 Å². The summed E-state index contributed by atoms with van der Waals surface area (Å²) >= 11 is 1.63. The number of aryl methyl sites for hydroxylation is 2. The third-order valence-corrected chi connectivity index (χ3v) is 6.73. The molecule has 2 aliphatic rings. The highest BCUT2D eigenvalue weighted by molar-refractivity contribution is 7.09. The van der Waals surface area contributed by atoms with Gasteiger partial charge in [-0.3, -0.25) is 9.59 Å². The average molecular weight is 380 g/mol. The molecule has 1 spiro atoms. The summed E-state index contributed by atoms with van der Waals surface area (Å²) in [6.07, 6.45) is 4.93. The standard InChI is InChI=1S/C19H29N3O3S/c1-15-16(26-14-20-15)4-5-17(23)21-9-3-7-19(12-21)8-6-18(24)22(13-19)10-11-25-2/h14H,3-13H2,1-2H3. The van der Waals surface area contributed by atoms with E-state index in [9.17, 15) is 9.59 Å². The summed E-state index contributed by atoms with van der Waals surface area (Å²) in [7, 11) is 1.66. The van der Waals surface area contributed by atoms with Crippen molar-refractivity contribution in [2.24, 2.45) is 5.41 Å². The zero-order chi connectivity index (χ0) is 18.6. The normalized spacial score (nSPS) is 23.7. The van der Waals surface area contributed by atoms with Crippen LogP contribution in [0.2, 0.25) is 0 Å². The van der Waals surface area contributed by atoms with Crippen molar-refractivity contribution in [3.05, 3.63) is 16.1 Å². The largest absolute Gasteiger partial charge is 0.383 e. The Morgan fingerprint density at radius 3 is 2.96 bits per heavy atom. The number of methoxy groups -OCH3 is 1. The number of likely N-dealkylation sites (tertiary alicyclic amines) is 2. The average Bonchev–Trinajstić information content (AvgIpc) is 3.06. The highest BCUT2D eigenvalue weighted by atomic mass is 32.1. The van der Waals surface area contributed by atoms with Crippen LogP contribution in [-0.2, 0) is 20.7 Å². The molecular formula is C19H29N3O3S. The molecule has 3 heterocycles. The molecule has 2 amide bonds. The van der Waals surface area contributed by atoms with Crippen LogP contribution in [0.15, 0.2) is 5.51 Å². The van der Waals surface area contributed by atoms with Gasteiger partial charge in [0.2, 0.25) is 11.8 Å². The van der Waals surface area contributed by atoms with Gasteiger partial charge in [0.1, 0.15) is 0 Å². The van der Waals surface area contributed by atoms with E-state index in [0.29, 0.717) is 26.0 Å². The Labute approximate surface area is 159 Å². The number of piperidine rings is 2. The van der Waals surface area contributed by atoms with Crippen LogP contribution in [0.3, 0.4) is 0 Å². The van der Waals surface area contributed by atoms with Crippen molar-refractivity contribution < 1.29 is 14.3 Å². The monoisotopic (exact) mass is 379 g/mol. The van der Waals surface area contributed by atoms with Crippen LogP contribution in [0.1, 0.15) is 42.7 Å². The molecule has 1 atom stereocenters. The summed E-state index contributed by atoms with van der Waals surface area (Å²) < 4.78 is 5.14. The fourth-order valence-electron chi connectivity index (χ4n) is 4.21. The molecule has 0 radical (unpaired) electrons. The molecule has 26 heavy (non-hydrogen) atoms. The number of carbonyl (C=O) groups is 2. The van der Waals surface area contributed by atoms with Gasteiger partial charge >= 0.3 is 0 Å². The number of thiazole rings is 1. The first-order valence-corrected chi connectivity index (χ1v) is 10.3. The second-order valence-electron chi connectivity index (χ2n) is 7.59. The quantitative estimate of drug-likeness (QED) is 0.761. The van der Waals surface area contributed by atoms with Crippen molar-refractivity contribution in [3.63, 3.8) is 0 Å². The Hall–Kier alpha value is -1.47. The maximum atomic E-state index is 12.8. The molecule has 0 aromatic carbocycles. The minimum absolute atomic E-state index is 0.0654. The van der Waals surface area contributed by atoms with Crippen molar-refractivity contribution in [1.29, 1.82) is 0 Å². The molecule has 3 rings (SSSR count). The van der Waals surface area contributed by atoms with E-state index in [-0.39, 0.29) is 17.2 Å². The lowest BCUT2D eigenvalue weighted by molar-refractivity contribution is -0.143. The first-order chi connectivity index (χ1) is 12.5. The Balaban J connectivity index is 1.58. The van der Waals surface area contributed by atoms with Crippen molar-refractivity contribution in [2.75, 3.05) is 39.9 Å². The molecule has 2 saturated heterocycles. The molecule has 6 nitrogen and oxygen atoms in total. The third kappa shape index (κ3) is 4.43. The van der Waals surface area contributed by atoms with E-state index in [4.69, 9.17) is 4.74 Å². The molecule has 144 valence electrons. The third-order valence-electron chi connectivity index (χ3n) is 5.74. The van der Waals surface area contributed by atoms with Gasteiger partial charge in [0, 0.05) is 56.4 Å². The predicted octanol–water partition coefficient (Wildman–Crippen LogP) is 2.26. The second kappa shape index (κ2) is 8.48. The zero-order valence-corrected chi connectivity index (χ0v) is 16.6. The molecule has 1 aromatic heterocycles. The van der Waals surface area contributed by atoms with Crippen molar-refractivity contribution in [3.8, 4) is 0 Å². The molecular weight excluding hydrogens is 350 g/mol. The summed E-state index contributed by atoms with van der Waals surface area (Å²) in [4.78, 5) is 34.4. The number of aromatic nitrogens is 1. The minimum Gasteiger partial charge on any atom is -0.383 e. The van der Waals surface area contributed by atoms with E-state index >= 15 is 0 Å². The van der Waals surface area contributed by atoms with Crippen LogP contribution in [0.5, 0.6) is 0 Å². The number of amides is 2. The number of carbonyl (C=O) groups excluding carboxylic acids is 2. The molecule has 1 aromatic rings. The smallest absolute Gasteiger partial charge is 0.222 e. The predicted molar refractivity (Wildman–Crippen MR) is 101 cm³/mol. The molecule has 7 heteroatoms. The molecule has 2 fully saturated rings. The van der Waals surface area contributed by atoms with E-state index in [1.54, 1.807) is 18.4 Å². The fraction of sp³-hybridized carbons (Fsp3) is 0.737. The lowest BCUT2D eigenvalue weighted by Gasteiger charge is -2.48. The Morgan fingerprint density at radius 1 is 1.38 bits per heavy atom. The van der Waals surface area contributed by atoms with Gasteiger partial charge in [-0.2, -0.15) is 0 Å². The molecule has 0 bridgehead atoms. The van der Waals surface area contributed by atoms with E-state index in [2.05, 4.69) is 4.98 Å². The van der Waals surface area contributed by atoms with Crippen LogP contribution in [0, 0.1) is 12.3 Å². The summed E-state index contributed by atoms with van der Waals surface area (Å²) in [6.45, 7) is 5.60. The summed E-state index contributed by atoms with van der Waals surface area (Å²) in [5.41, 5.74) is 2.95. The van der Waals surface area contributed by atoms with Crippen LogP contribution >= 0.6 is 11.3 Å². The van der Waals surface area contributed by atoms with Crippen molar-refractivity contribution >= 4 is 23.2 Å². The fourth-order valence-corrected chi connectivity index (χ4v) is 4.99. The first-order valence-electron chi connectivity index (χ1n) is 9.46. The van der Waals surface area contributed by atoms with Gasteiger partial charge in [0.05, 0.1) is 17.8 Å². The topological polar surface area (TPSA) is 62.7 Å². The lowest BCUT2D eigenvalue weighted by atomic mass is 9.73. The van der Waals surface area contributed by atoms with E-state index in [1.165, 1.54) is 4.88 Å². The maximum Gasteiger partial charge on any atom is 0.222 e. The molecule has 0 aliphatic carbocycles. The van der Waals surface area contributed by atoms with Gasteiger partial charge in [-0.15, -0.1) is 11.3 Å². The van der Waals surface area contributed by atoms with E-state index in [0.717, 1.165) is 51.0 Å². The van der Waals surface area contributed by atoms with Gasteiger partial charge < -0.3 is 14.5 Å². The minimum atomic E-state index is 0.0654. The SMILES string of the molecule is COCCN1CC2(CCCN(C(=O)CCc3scnc3C)C2)CCC1=O. The van der Waals surface area contributed by atoms with Crippen LogP contribution < -0.4 is 0 Å².